The highest BCUT2D eigenvalue weighted by Crippen LogP contribution is 2.49. The van der Waals surface area contributed by atoms with Crippen LogP contribution in [0, 0.1) is 5.92 Å². The molecule has 206 valence electrons. The van der Waals surface area contributed by atoms with Gasteiger partial charge in [0.2, 0.25) is 5.54 Å². The van der Waals surface area contributed by atoms with Gasteiger partial charge in [-0.25, -0.2) is 10.6 Å². The zero-order valence-electron chi connectivity index (χ0n) is 17.5. The van der Waals surface area contributed by atoms with Gasteiger partial charge in [-0.15, -0.1) is 0 Å². The first-order valence-corrected chi connectivity index (χ1v) is 9.05. The molecule has 19 heteroatoms. The van der Waals surface area contributed by atoms with Gasteiger partial charge in [-0.1, -0.05) is 6.92 Å². The van der Waals surface area contributed by atoms with Crippen molar-refractivity contribution < 1.29 is 71.7 Å². The van der Waals surface area contributed by atoms with Crippen LogP contribution < -0.4 is 26.1 Å². The molecule has 0 fully saturated rings. The standard InChI is InChI=1S/C17H15F12N3O4/c1-7(15(16(24,25)26,17(27,28)29)31-12(34)32-30)11(33)9-4-8(35-5-13(18,19)20)2-3-10(9)36-6-14(21,22)23/h2-4,7H,5-6,30H2,1H3,(H2,31,32,34). The van der Waals surface area contributed by atoms with Crippen LogP contribution in [0.2, 0.25) is 0 Å². The molecule has 0 saturated heterocycles. The lowest BCUT2D eigenvalue weighted by Gasteiger charge is -2.41. The fourth-order valence-corrected chi connectivity index (χ4v) is 2.79. The largest absolute Gasteiger partial charge is 0.484 e. The number of amides is 2. The Morgan fingerprint density at radius 2 is 1.33 bits per heavy atom. The first kappa shape index (κ1) is 30.9. The maximum absolute atomic E-state index is 13.7. The molecule has 0 aromatic heterocycles. The molecule has 0 aliphatic rings. The van der Waals surface area contributed by atoms with Gasteiger partial charge in [-0.05, 0) is 18.2 Å². The molecule has 2 amide bonds. The summed E-state index contributed by atoms with van der Waals surface area (Å²) in [6.07, 6.45) is -23.0. The minimum absolute atomic E-state index is 0.0247. The predicted octanol–water partition coefficient (Wildman–Crippen LogP) is 4.42. The quantitative estimate of drug-likeness (QED) is 0.146. The van der Waals surface area contributed by atoms with Gasteiger partial charge >= 0.3 is 30.7 Å². The van der Waals surface area contributed by atoms with Crippen molar-refractivity contribution in [3.8, 4) is 11.5 Å². The third-order valence-corrected chi connectivity index (χ3v) is 4.39. The summed E-state index contributed by atoms with van der Waals surface area (Å²) in [5.74, 6) is -3.26. The van der Waals surface area contributed by atoms with E-state index in [1.807, 2.05) is 0 Å². The summed E-state index contributed by atoms with van der Waals surface area (Å²) in [7, 11) is 0. The SMILES string of the molecule is CC(C(=O)c1cc(OCC(F)(F)F)ccc1OCC(F)(F)F)C(NC(=O)NN)(C(F)(F)F)C(F)(F)F. The van der Waals surface area contributed by atoms with Crippen molar-refractivity contribution in [3.63, 3.8) is 0 Å². The molecule has 0 aliphatic carbocycles. The molecule has 1 aromatic rings. The molecular weight excluding hydrogens is 538 g/mol. The molecule has 1 unspecified atom stereocenters. The third-order valence-electron chi connectivity index (χ3n) is 4.39. The number of benzene rings is 1. The molecule has 0 spiro atoms. The van der Waals surface area contributed by atoms with Crippen LogP contribution in [0.3, 0.4) is 0 Å². The summed E-state index contributed by atoms with van der Waals surface area (Å²) in [4.78, 5) is 24.2. The number of carbonyl (C=O) groups is 2. The number of hydrogen-bond donors (Lipinski definition) is 3. The number of ether oxygens (including phenoxy) is 2. The molecule has 0 saturated carbocycles. The molecule has 36 heavy (non-hydrogen) atoms. The lowest BCUT2D eigenvalue weighted by atomic mass is 9.78. The molecule has 0 bridgehead atoms. The van der Waals surface area contributed by atoms with E-state index in [0.29, 0.717) is 17.4 Å². The Bertz CT molecular complexity index is 927. The van der Waals surface area contributed by atoms with E-state index in [-0.39, 0.29) is 13.0 Å². The molecule has 1 atom stereocenters. The van der Waals surface area contributed by atoms with Crippen LogP contribution in [0.25, 0.3) is 0 Å². The van der Waals surface area contributed by atoms with Crippen molar-refractivity contribution >= 4 is 11.8 Å². The summed E-state index contributed by atoms with van der Waals surface area (Å²) in [5.41, 5.74) is -5.84. The van der Waals surface area contributed by atoms with Gasteiger partial charge in [0, 0.05) is 0 Å². The molecule has 1 rings (SSSR count). The van der Waals surface area contributed by atoms with Crippen molar-refractivity contribution in [3.05, 3.63) is 23.8 Å². The summed E-state index contributed by atoms with van der Waals surface area (Å²) in [6, 6.07) is -1.18. The average molecular weight is 553 g/mol. The Balaban J connectivity index is 3.70. The molecule has 1 aromatic carbocycles. The first-order chi connectivity index (χ1) is 16.1. The number of Topliss-reactive ketones (excluding diaryl/α,β-unsaturated/α-hetero) is 1. The maximum atomic E-state index is 13.7. The minimum Gasteiger partial charge on any atom is -0.484 e. The fourth-order valence-electron chi connectivity index (χ4n) is 2.79. The molecule has 0 radical (unpaired) electrons. The van der Waals surface area contributed by atoms with Gasteiger partial charge in [0.1, 0.15) is 11.5 Å². The van der Waals surface area contributed by atoms with Gasteiger partial charge in [-0.3, -0.25) is 10.2 Å². The van der Waals surface area contributed by atoms with Crippen molar-refractivity contribution in [1.82, 2.24) is 10.7 Å². The lowest BCUT2D eigenvalue weighted by Crippen LogP contribution is -2.73. The van der Waals surface area contributed by atoms with Crippen LogP contribution in [0.4, 0.5) is 57.5 Å². The molecular formula is C17H15F12N3O4. The van der Waals surface area contributed by atoms with E-state index in [2.05, 4.69) is 15.3 Å². The highest BCUT2D eigenvalue weighted by atomic mass is 19.4. The van der Waals surface area contributed by atoms with Gasteiger partial charge in [0.05, 0.1) is 11.5 Å². The highest BCUT2D eigenvalue weighted by Gasteiger charge is 2.75. The second-order valence-corrected chi connectivity index (χ2v) is 6.95. The van der Waals surface area contributed by atoms with Crippen LogP contribution in [0.1, 0.15) is 17.3 Å². The number of hydrogen-bond acceptors (Lipinski definition) is 5. The van der Waals surface area contributed by atoms with E-state index < -0.39 is 78.3 Å². The maximum Gasteiger partial charge on any atom is 0.422 e. The third kappa shape index (κ3) is 7.44. The Hall–Kier alpha value is -3.12. The zero-order chi connectivity index (χ0) is 28.3. The van der Waals surface area contributed by atoms with E-state index in [0.717, 1.165) is 5.43 Å². The minimum atomic E-state index is -6.45. The number of nitrogens with two attached hydrogens (primary N) is 1. The van der Waals surface area contributed by atoms with Gasteiger partial charge in [-0.2, -0.15) is 52.7 Å². The highest BCUT2D eigenvalue weighted by molar-refractivity contribution is 6.01. The second-order valence-electron chi connectivity index (χ2n) is 6.95. The van der Waals surface area contributed by atoms with E-state index in [9.17, 15) is 62.3 Å². The topological polar surface area (TPSA) is 103 Å². The van der Waals surface area contributed by atoms with Crippen molar-refractivity contribution in [2.24, 2.45) is 11.8 Å². The predicted molar refractivity (Wildman–Crippen MR) is 93.7 cm³/mol. The van der Waals surface area contributed by atoms with Crippen molar-refractivity contribution in [2.45, 2.75) is 37.2 Å². The summed E-state index contributed by atoms with van der Waals surface area (Å²) < 4.78 is 166. The molecule has 0 heterocycles. The lowest BCUT2D eigenvalue weighted by molar-refractivity contribution is -0.312. The number of hydrazine groups is 1. The van der Waals surface area contributed by atoms with E-state index >= 15 is 0 Å². The van der Waals surface area contributed by atoms with E-state index in [1.54, 1.807) is 0 Å². The number of carbonyl (C=O) groups excluding carboxylic acids is 2. The van der Waals surface area contributed by atoms with E-state index in [4.69, 9.17) is 0 Å². The van der Waals surface area contributed by atoms with Gasteiger partial charge < -0.3 is 14.8 Å². The van der Waals surface area contributed by atoms with Crippen LogP contribution in [0.15, 0.2) is 18.2 Å². The zero-order valence-corrected chi connectivity index (χ0v) is 17.5. The van der Waals surface area contributed by atoms with Gasteiger partial charge in [0.15, 0.2) is 19.0 Å². The molecule has 0 aliphatic heterocycles. The Morgan fingerprint density at radius 1 is 0.861 bits per heavy atom. The normalized spacial score (nSPS) is 14.2. The van der Waals surface area contributed by atoms with Crippen LogP contribution >= 0.6 is 0 Å². The Morgan fingerprint density at radius 3 is 1.75 bits per heavy atom. The second kappa shape index (κ2) is 10.5. The fraction of sp³-hybridized carbons (Fsp3) is 0.529. The van der Waals surface area contributed by atoms with Crippen molar-refractivity contribution in [1.29, 1.82) is 0 Å². The average Bonchev–Trinajstić information content (AvgIpc) is 2.70. The number of ketones is 1. The van der Waals surface area contributed by atoms with Crippen LogP contribution in [0.5, 0.6) is 11.5 Å². The number of nitrogens with one attached hydrogen (secondary N) is 2. The monoisotopic (exact) mass is 553 g/mol. The van der Waals surface area contributed by atoms with E-state index in [1.165, 1.54) is 0 Å². The Labute approximate surface area is 192 Å². The summed E-state index contributed by atoms with van der Waals surface area (Å²) in [5, 5.41) is 0.499. The summed E-state index contributed by atoms with van der Waals surface area (Å²) in [6.45, 7) is -4.19. The van der Waals surface area contributed by atoms with Crippen LogP contribution in [-0.4, -0.2) is 55.3 Å². The van der Waals surface area contributed by atoms with Crippen LogP contribution in [-0.2, 0) is 0 Å². The smallest absolute Gasteiger partial charge is 0.422 e. The first-order valence-electron chi connectivity index (χ1n) is 9.05. The van der Waals surface area contributed by atoms with Gasteiger partial charge in [0.25, 0.3) is 0 Å². The molecule has 7 nitrogen and oxygen atoms in total. The number of halogens is 12. The number of alkyl halides is 12. The summed E-state index contributed by atoms with van der Waals surface area (Å²) >= 11 is 0. The number of urea groups is 1. The number of rotatable bonds is 8. The van der Waals surface area contributed by atoms with Crippen molar-refractivity contribution in [2.75, 3.05) is 13.2 Å². The molecule has 4 N–H and O–H groups in total. The Kier molecular flexibility index (Phi) is 8.99.